The van der Waals surface area contributed by atoms with Crippen molar-refractivity contribution in [3.8, 4) is 0 Å². The van der Waals surface area contributed by atoms with Gasteiger partial charge in [-0.2, -0.15) is 0 Å². The molecule has 0 fully saturated rings. The first-order valence-electron chi connectivity index (χ1n) is 11.3. The summed E-state index contributed by atoms with van der Waals surface area (Å²) < 4.78 is 0. The molecule has 0 atom stereocenters. The molecule has 0 radical (unpaired) electrons. The molecule has 0 saturated heterocycles. The molecule has 2 amide bonds. The minimum atomic E-state index is -0.121. The first-order chi connectivity index (χ1) is 16.7. The van der Waals surface area contributed by atoms with Gasteiger partial charge in [0.2, 0.25) is 11.8 Å². The van der Waals surface area contributed by atoms with Gasteiger partial charge in [0, 0.05) is 17.8 Å². The van der Waals surface area contributed by atoms with E-state index in [1.165, 1.54) is 22.5 Å². The Morgan fingerprint density at radius 3 is 1.97 bits per heavy atom. The first-order valence-corrected chi connectivity index (χ1v) is 12.2. The molecule has 1 aromatic heterocycles. The molecule has 0 unspecified atom stereocenters. The van der Waals surface area contributed by atoms with Crippen LogP contribution in [-0.4, -0.2) is 23.3 Å². The third kappa shape index (κ3) is 6.86. The molecule has 34 heavy (non-hydrogen) atoms. The van der Waals surface area contributed by atoms with Crippen LogP contribution in [-0.2, 0) is 22.4 Å². The van der Waals surface area contributed by atoms with Gasteiger partial charge in [0.15, 0.2) is 5.13 Å². The lowest BCUT2D eigenvalue weighted by Gasteiger charge is -2.18. The molecule has 0 bridgehead atoms. The van der Waals surface area contributed by atoms with Crippen LogP contribution >= 0.6 is 11.3 Å². The number of thiazole rings is 1. The molecule has 4 rings (SSSR count). The maximum absolute atomic E-state index is 12.5. The van der Waals surface area contributed by atoms with Crippen LogP contribution in [0.5, 0.6) is 0 Å². The quantitative estimate of drug-likeness (QED) is 0.335. The Morgan fingerprint density at radius 1 is 0.765 bits per heavy atom. The Bertz CT molecular complexity index is 1150. The summed E-state index contributed by atoms with van der Waals surface area (Å²) >= 11 is 1.33. The van der Waals surface area contributed by atoms with Gasteiger partial charge in [-0.3, -0.25) is 9.59 Å². The fraction of sp³-hybridized carbons (Fsp3) is 0.179. The number of amides is 2. The van der Waals surface area contributed by atoms with Crippen molar-refractivity contribution in [3.63, 3.8) is 0 Å². The molecule has 2 N–H and O–H groups in total. The van der Waals surface area contributed by atoms with Crippen molar-refractivity contribution in [2.24, 2.45) is 0 Å². The lowest BCUT2D eigenvalue weighted by molar-refractivity contribution is -0.120. The smallest absolute Gasteiger partial charge is 0.230 e. The highest BCUT2D eigenvalue weighted by atomic mass is 32.1. The number of benzene rings is 3. The number of aromatic nitrogens is 1. The van der Waals surface area contributed by atoms with E-state index >= 15 is 0 Å². The van der Waals surface area contributed by atoms with Gasteiger partial charge in [0.05, 0.1) is 18.5 Å². The van der Waals surface area contributed by atoms with E-state index in [0.29, 0.717) is 23.8 Å². The molecule has 0 aliphatic rings. The number of hydrogen-bond donors (Lipinski definition) is 2. The second-order valence-electron chi connectivity index (χ2n) is 8.04. The summed E-state index contributed by atoms with van der Waals surface area (Å²) in [5.74, 6) is 0.0187. The molecular weight excluding hydrogens is 442 g/mol. The van der Waals surface area contributed by atoms with Gasteiger partial charge in [-0.25, -0.2) is 4.98 Å². The van der Waals surface area contributed by atoms with Crippen molar-refractivity contribution in [3.05, 3.63) is 119 Å². The van der Waals surface area contributed by atoms with Gasteiger partial charge < -0.3 is 10.6 Å². The van der Waals surface area contributed by atoms with E-state index in [-0.39, 0.29) is 24.2 Å². The summed E-state index contributed by atoms with van der Waals surface area (Å²) in [5.41, 5.74) is 4.07. The highest BCUT2D eigenvalue weighted by molar-refractivity contribution is 7.13. The van der Waals surface area contributed by atoms with Crippen LogP contribution in [0.3, 0.4) is 0 Å². The zero-order chi connectivity index (χ0) is 23.6. The predicted molar refractivity (Wildman–Crippen MR) is 137 cm³/mol. The summed E-state index contributed by atoms with van der Waals surface area (Å²) in [7, 11) is 0. The number of carbonyl (C=O) groups excluding carboxylic acids is 2. The van der Waals surface area contributed by atoms with E-state index in [1.54, 1.807) is 0 Å². The van der Waals surface area contributed by atoms with Gasteiger partial charge in [0.1, 0.15) is 0 Å². The zero-order valence-electron chi connectivity index (χ0n) is 18.8. The SMILES string of the molecule is O=C(Cc1csc(NC(=O)Cc2ccccc2)n1)NCCC(c1ccccc1)c1ccccc1. The lowest BCUT2D eigenvalue weighted by Crippen LogP contribution is -2.27. The van der Waals surface area contributed by atoms with Crippen LogP contribution in [0.2, 0.25) is 0 Å². The molecule has 6 heteroatoms. The number of hydrogen-bond acceptors (Lipinski definition) is 4. The summed E-state index contributed by atoms with van der Waals surface area (Å²) in [6.07, 6.45) is 1.28. The molecule has 0 spiro atoms. The van der Waals surface area contributed by atoms with Crippen LogP contribution in [0.1, 0.15) is 34.7 Å². The minimum absolute atomic E-state index is 0.0765. The molecule has 3 aromatic carbocycles. The van der Waals surface area contributed by atoms with E-state index in [9.17, 15) is 9.59 Å². The fourth-order valence-corrected chi connectivity index (χ4v) is 4.60. The number of rotatable bonds is 10. The second kappa shape index (κ2) is 11.9. The summed E-state index contributed by atoms with van der Waals surface area (Å²) in [6, 6.07) is 30.3. The van der Waals surface area contributed by atoms with Gasteiger partial charge >= 0.3 is 0 Å². The molecule has 4 aromatic rings. The zero-order valence-corrected chi connectivity index (χ0v) is 19.6. The van der Waals surface area contributed by atoms with Crippen LogP contribution in [0.15, 0.2) is 96.4 Å². The van der Waals surface area contributed by atoms with Crippen molar-refractivity contribution >= 4 is 28.3 Å². The van der Waals surface area contributed by atoms with Crippen molar-refractivity contribution in [2.75, 3.05) is 11.9 Å². The van der Waals surface area contributed by atoms with Crippen molar-refractivity contribution in [1.29, 1.82) is 0 Å². The Hall–Kier alpha value is -3.77. The number of nitrogens with one attached hydrogen (secondary N) is 2. The normalized spacial score (nSPS) is 10.7. The third-order valence-corrected chi connectivity index (χ3v) is 6.31. The fourth-order valence-electron chi connectivity index (χ4n) is 3.87. The van der Waals surface area contributed by atoms with Gasteiger partial charge in [0.25, 0.3) is 0 Å². The molecule has 172 valence electrons. The summed E-state index contributed by atoms with van der Waals surface area (Å²) in [5, 5.41) is 8.16. The Morgan fingerprint density at radius 2 is 1.35 bits per heavy atom. The van der Waals surface area contributed by atoms with E-state index < -0.39 is 0 Å². The number of nitrogens with zero attached hydrogens (tertiary/aromatic N) is 1. The van der Waals surface area contributed by atoms with Gasteiger partial charge in [-0.1, -0.05) is 91.0 Å². The van der Waals surface area contributed by atoms with Crippen molar-refractivity contribution < 1.29 is 9.59 Å². The average molecular weight is 470 g/mol. The predicted octanol–water partition coefficient (Wildman–Crippen LogP) is 5.21. The third-order valence-electron chi connectivity index (χ3n) is 5.51. The Balaban J connectivity index is 1.27. The maximum atomic E-state index is 12.5. The second-order valence-corrected chi connectivity index (χ2v) is 8.90. The van der Waals surface area contributed by atoms with Crippen LogP contribution in [0.4, 0.5) is 5.13 Å². The van der Waals surface area contributed by atoms with Crippen LogP contribution in [0, 0.1) is 0 Å². The highest BCUT2D eigenvalue weighted by Crippen LogP contribution is 2.27. The summed E-state index contributed by atoms with van der Waals surface area (Å²) in [6.45, 7) is 0.568. The highest BCUT2D eigenvalue weighted by Gasteiger charge is 2.15. The topological polar surface area (TPSA) is 71.1 Å². The molecule has 1 heterocycles. The van der Waals surface area contributed by atoms with Crippen LogP contribution in [0.25, 0.3) is 0 Å². The molecular formula is C28H27N3O2S. The molecule has 5 nitrogen and oxygen atoms in total. The Labute approximate surface area is 203 Å². The van der Waals surface area contributed by atoms with Gasteiger partial charge in [-0.05, 0) is 23.1 Å². The van der Waals surface area contributed by atoms with E-state index in [4.69, 9.17) is 0 Å². The van der Waals surface area contributed by atoms with Gasteiger partial charge in [-0.15, -0.1) is 11.3 Å². The molecule has 0 aliphatic heterocycles. The first kappa shape index (κ1) is 23.4. The Kier molecular flexibility index (Phi) is 8.19. The standard InChI is InChI=1S/C28H27N3O2S/c32-26(19-24-20-34-28(30-24)31-27(33)18-21-10-4-1-5-11-21)29-17-16-25(22-12-6-2-7-13-22)23-14-8-3-9-15-23/h1-15,20,25H,16-19H2,(H,29,32)(H,30,31,33). The van der Waals surface area contributed by atoms with Crippen molar-refractivity contribution in [1.82, 2.24) is 10.3 Å². The number of anilines is 1. The maximum Gasteiger partial charge on any atom is 0.230 e. The van der Waals surface area contributed by atoms with E-state index in [1.807, 2.05) is 72.1 Å². The van der Waals surface area contributed by atoms with Crippen LogP contribution < -0.4 is 10.6 Å². The lowest BCUT2D eigenvalue weighted by atomic mass is 9.88. The summed E-state index contributed by atoms with van der Waals surface area (Å²) in [4.78, 5) is 29.1. The number of carbonyl (C=O) groups is 2. The molecule has 0 aliphatic carbocycles. The van der Waals surface area contributed by atoms with E-state index in [2.05, 4.69) is 39.9 Å². The van der Waals surface area contributed by atoms with E-state index in [0.717, 1.165) is 12.0 Å². The monoisotopic (exact) mass is 469 g/mol. The largest absolute Gasteiger partial charge is 0.356 e. The average Bonchev–Trinajstić information content (AvgIpc) is 3.29. The van der Waals surface area contributed by atoms with Crippen molar-refractivity contribution in [2.45, 2.75) is 25.2 Å². The minimum Gasteiger partial charge on any atom is -0.356 e. The molecule has 0 saturated carbocycles.